The van der Waals surface area contributed by atoms with Gasteiger partial charge in [-0.25, -0.2) is 0 Å². The van der Waals surface area contributed by atoms with Gasteiger partial charge in [-0.3, -0.25) is 0 Å². The number of hydrogen-bond acceptors (Lipinski definition) is 3. The lowest BCUT2D eigenvalue weighted by molar-refractivity contribution is 0.110. The monoisotopic (exact) mass is 248 g/mol. The molecular weight excluding hydrogens is 224 g/mol. The summed E-state index contributed by atoms with van der Waals surface area (Å²) >= 11 is 0. The molecule has 1 aromatic rings. The maximum atomic E-state index is 10.0. The second-order valence-electron chi connectivity index (χ2n) is 5.26. The topological polar surface area (TPSA) is 35.5 Å². The van der Waals surface area contributed by atoms with Crippen molar-refractivity contribution >= 4 is 5.69 Å². The number of benzene rings is 1. The van der Waals surface area contributed by atoms with Crippen LogP contribution in [0.5, 0.6) is 0 Å². The van der Waals surface area contributed by atoms with Gasteiger partial charge in [0.25, 0.3) is 0 Å². The van der Waals surface area contributed by atoms with Crippen LogP contribution < -0.4 is 5.32 Å². The fraction of sp³-hybridized carbons (Fsp3) is 0.600. The predicted molar refractivity (Wildman–Crippen MR) is 76.0 cm³/mol. The highest BCUT2D eigenvalue weighted by Crippen LogP contribution is 2.10. The Morgan fingerprint density at radius 2 is 1.83 bits per heavy atom. The molecule has 2 rings (SSSR count). The van der Waals surface area contributed by atoms with Gasteiger partial charge in [0, 0.05) is 18.8 Å². The van der Waals surface area contributed by atoms with Crippen LogP contribution in [0.1, 0.15) is 24.8 Å². The molecular formula is C15H24N2O. The van der Waals surface area contributed by atoms with Crippen molar-refractivity contribution in [1.29, 1.82) is 0 Å². The first-order valence-electron chi connectivity index (χ1n) is 6.95. The van der Waals surface area contributed by atoms with E-state index in [1.165, 1.54) is 24.8 Å². The highest BCUT2D eigenvalue weighted by atomic mass is 16.3. The van der Waals surface area contributed by atoms with Crippen molar-refractivity contribution in [3.63, 3.8) is 0 Å². The summed E-state index contributed by atoms with van der Waals surface area (Å²) in [6.07, 6.45) is 3.61. The van der Waals surface area contributed by atoms with E-state index in [1.807, 2.05) is 0 Å². The first-order chi connectivity index (χ1) is 8.74. The molecule has 3 heteroatoms. The molecule has 0 spiro atoms. The van der Waals surface area contributed by atoms with E-state index in [-0.39, 0.29) is 6.10 Å². The third-order valence-electron chi connectivity index (χ3n) is 3.51. The molecule has 0 unspecified atom stereocenters. The Labute approximate surface area is 110 Å². The minimum Gasteiger partial charge on any atom is -0.390 e. The van der Waals surface area contributed by atoms with Gasteiger partial charge in [-0.2, -0.15) is 0 Å². The van der Waals surface area contributed by atoms with E-state index in [9.17, 15) is 5.11 Å². The van der Waals surface area contributed by atoms with Crippen LogP contribution in [-0.2, 0) is 0 Å². The number of β-amino-alcohol motifs (C(OH)–C–C–N with tert-alkyl or cyclic N) is 1. The molecule has 0 bridgehead atoms. The number of aryl methyl sites for hydroxylation is 1. The Hall–Kier alpha value is -1.06. The maximum Gasteiger partial charge on any atom is 0.0839 e. The van der Waals surface area contributed by atoms with Crippen LogP contribution in [-0.4, -0.2) is 42.3 Å². The van der Waals surface area contributed by atoms with Gasteiger partial charge in [0.05, 0.1) is 6.10 Å². The van der Waals surface area contributed by atoms with Gasteiger partial charge in [-0.15, -0.1) is 0 Å². The zero-order chi connectivity index (χ0) is 12.8. The summed E-state index contributed by atoms with van der Waals surface area (Å²) in [4.78, 5) is 2.37. The zero-order valence-corrected chi connectivity index (χ0v) is 11.2. The highest BCUT2D eigenvalue weighted by Gasteiger charge is 2.14. The lowest BCUT2D eigenvalue weighted by Gasteiger charge is -2.28. The second-order valence-corrected chi connectivity index (χ2v) is 5.26. The van der Waals surface area contributed by atoms with Crippen LogP contribution in [0.2, 0.25) is 0 Å². The Morgan fingerprint density at radius 3 is 2.50 bits per heavy atom. The highest BCUT2D eigenvalue weighted by molar-refractivity contribution is 5.44. The number of piperidine rings is 1. The second kappa shape index (κ2) is 6.76. The minimum atomic E-state index is -0.288. The van der Waals surface area contributed by atoms with Gasteiger partial charge in [-0.1, -0.05) is 24.1 Å². The summed E-state index contributed by atoms with van der Waals surface area (Å²) in [5.74, 6) is 0. The molecule has 0 saturated carbocycles. The normalized spacial score (nSPS) is 18.6. The summed E-state index contributed by atoms with van der Waals surface area (Å²) in [5, 5.41) is 13.3. The quantitative estimate of drug-likeness (QED) is 0.839. The fourth-order valence-corrected chi connectivity index (χ4v) is 2.41. The molecule has 0 radical (unpaired) electrons. The lowest BCUT2D eigenvalue weighted by atomic mass is 10.1. The number of hydrogen-bond donors (Lipinski definition) is 2. The SMILES string of the molecule is Cc1ccc(NC[C@H](O)CN2CCCCC2)cc1. The number of nitrogens with one attached hydrogen (secondary N) is 1. The van der Waals surface area contributed by atoms with E-state index in [0.29, 0.717) is 6.54 Å². The molecule has 18 heavy (non-hydrogen) atoms. The number of anilines is 1. The van der Waals surface area contributed by atoms with Crippen LogP contribution in [0.4, 0.5) is 5.69 Å². The van der Waals surface area contributed by atoms with Crippen molar-refractivity contribution in [3.8, 4) is 0 Å². The molecule has 0 aromatic heterocycles. The molecule has 0 amide bonds. The fourth-order valence-electron chi connectivity index (χ4n) is 2.41. The van der Waals surface area contributed by atoms with Gasteiger partial charge >= 0.3 is 0 Å². The predicted octanol–water partition coefficient (Wildman–Crippen LogP) is 2.25. The molecule has 1 heterocycles. The molecule has 100 valence electrons. The van der Waals surface area contributed by atoms with Gasteiger partial charge in [-0.05, 0) is 45.0 Å². The number of nitrogens with zero attached hydrogens (tertiary/aromatic N) is 1. The molecule has 1 aromatic carbocycles. The average molecular weight is 248 g/mol. The Balaban J connectivity index is 1.70. The standard InChI is InChI=1S/C15H24N2O/c1-13-5-7-14(8-6-13)16-11-15(18)12-17-9-3-2-4-10-17/h5-8,15-16,18H,2-4,9-12H2,1H3/t15-/m0/s1. The summed E-state index contributed by atoms with van der Waals surface area (Å²) in [7, 11) is 0. The van der Waals surface area contributed by atoms with Gasteiger partial charge < -0.3 is 15.3 Å². The molecule has 0 aliphatic carbocycles. The van der Waals surface area contributed by atoms with E-state index in [2.05, 4.69) is 41.4 Å². The molecule has 2 N–H and O–H groups in total. The van der Waals surface area contributed by atoms with E-state index in [1.54, 1.807) is 0 Å². The number of aliphatic hydroxyl groups excluding tert-OH is 1. The smallest absolute Gasteiger partial charge is 0.0839 e. The largest absolute Gasteiger partial charge is 0.390 e. The van der Waals surface area contributed by atoms with E-state index < -0.39 is 0 Å². The van der Waals surface area contributed by atoms with E-state index >= 15 is 0 Å². The minimum absolute atomic E-state index is 0.288. The first kappa shape index (κ1) is 13.4. The molecule has 1 atom stereocenters. The third-order valence-corrected chi connectivity index (χ3v) is 3.51. The van der Waals surface area contributed by atoms with Crippen molar-refractivity contribution < 1.29 is 5.11 Å². The molecule has 1 aliphatic heterocycles. The first-order valence-corrected chi connectivity index (χ1v) is 6.95. The average Bonchev–Trinajstić information content (AvgIpc) is 2.39. The summed E-state index contributed by atoms with van der Waals surface area (Å²) in [6, 6.07) is 8.28. The van der Waals surface area contributed by atoms with Crippen molar-refractivity contribution in [2.75, 3.05) is 31.5 Å². The van der Waals surface area contributed by atoms with Crippen molar-refractivity contribution in [1.82, 2.24) is 4.90 Å². The maximum absolute atomic E-state index is 10.0. The number of aliphatic hydroxyl groups is 1. The van der Waals surface area contributed by atoms with Crippen LogP contribution in [0.3, 0.4) is 0 Å². The van der Waals surface area contributed by atoms with Crippen LogP contribution in [0.15, 0.2) is 24.3 Å². The van der Waals surface area contributed by atoms with E-state index in [0.717, 1.165) is 25.3 Å². The number of likely N-dealkylation sites (tertiary alicyclic amines) is 1. The molecule has 3 nitrogen and oxygen atoms in total. The van der Waals surface area contributed by atoms with Gasteiger partial charge in [0.15, 0.2) is 0 Å². The molecule has 1 saturated heterocycles. The molecule has 1 fully saturated rings. The summed E-state index contributed by atoms with van der Waals surface area (Å²) in [5.41, 5.74) is 2.34. The van der Waals surface area contributed by atoms with Crippen molar-refractivity contribution in [3.05, 3.63) is 29.8 Å². The molecule has 1 aliphatic rings. The Kier molecular flexibility index (Phi) is 5.02. The third kappa shape index (κ3) is 4.31. The summed E-state index contributed by atoms with van der Waals surface area (Å²) in [6.45, 7) is 5.77. The van der Waals surface area contributed by atoms with Crippen LogP contribution in [0, 0.1) is 6.92 Å². The Morgan fingerprint density at radius 1 is 1.17 bits per heavy atom. The van der Waals surface area contributed by atoms with Crippen molar-refractivity contribution in [2.24, 2.45) is 0 Å². The number of rotatable bonds is 5. The van der Waals surface area contributed by atoms with Gasteiger partial charge in [0.2, 0.25) is 0 Å². The van der Waals surface area contributed by atoms with Gasteiger partial charge in [0.1, 0.15) is 0 Å². The van der Waals surface area contributed by atoms with Crippen molar-refractivity contribution in [2.45, 2.75) is 32.3 Å². The lowest BCUT2D eigenvalue weighted by Crippen LogP contribution is -2.39. The zero-order valence-electron chi connectivity index (χ0n) is 11.2. The van der Waals surface area contributed by atoms with Crippen LogP contribution >= 0.6 is 0 Å². The Bertz CT molecular complexity index is 344. The van der Waals surface area contributed by atoms with Crippen LogP contribution in [0.25, 0.3) is 0 Å². The summed E-state index contributed by atoms with van der Waals surface area (Å²) < 4.78 is 0. The van der Waals surface area contributed by atoms with E-state index in [4.69, 9.17) is 0 Å².